The Bertz CT molecular complexity index is 555. The molecule has 5 atom stereocenters. The zero-order valence-corrected chi connectivity index (χ0v) is 14.1. The molecule has 4 aliphatic heterocycles. The van der Waals surface area contributed by atoms with Gasteiger partial charge in [0.05, 0.1) is 5.34 Å². The summed E-state index contributed by atoms with van der Waals surface area (Å²) in [4.78, 5) is 0. The lowest BCUT2D eigenvalue weighted by Crippen LogP contribution is -2.72. The molecule has 4 heterocycles. The molecule has 114 valence electrons. The maximum absolute atomic E-state index is 6.57. The quantitative estimate of drug-likeness (QED) is 0.775. The zero-order valence-electron chi connectivity index (χ0n) is 13.2. The molecular formula is C17H23O3P. The van der Waals surface area contributed by atoms with Crippen LogP contribution in [0.15, 0.2) is 30.3 Å². The molecule has 0 spiro atoms. The Labute approximate surface area is 127 Å². The number of ether oxygens (including phenoxy) is 3. The lowest BCUT2D eigenvalue weighted by molar-refractivity contribution is -0.470. The predicted octanol–water partition coefficient (Wildman–Crippen LogP) is 3.92. The second kappa shape index (κ2) is 4.08. The number of hydrogen-bond donors (Lipinski definition) is 0. The van der Waals surface area contributed by atoms with Crippen molar-refractivity contribution in [1.82, 2.24) is 0 Å². The van der Waals surface area contributed by atoms with Gasteiger partial charge in [0.25, 0.3) is 0 Å². The minimum absolute atomic E-state index is 0.135. The molecule has 4 aliphatic rings. The fraction of sp³-hybridized carbons (Fsp3) is 0.647. The molecular weight excluding hydrogens is 283 g/mol. The number of benzene rings is 1. The van der Waals surface area contributed by atoms with Crippen molar-refractivity contribution >= 4 is 13.2 Å². The van der Waals surface area contributed by atoms with Gasteiger partial charge in [-0.2, -0.15) is 0 Å². The van der Waals surface area contributed by atoms with E-state index in [1.54, 1.807) is 0 Å². The smallest absolute Gasteiger partial charge is 0.173 e. The first-order valence-electron chi connectivity index (χ1n) is 7.78. The molecule has 4 fully saturated rings. The van der Waals surface area contributed by atoms with E-state index in [0.717, 1.165) is 19.3 Å². The first-order chi connectivity index (χ1) is 9.82. The Morgan fingerprint density at radius 2 is 1.62 bits per heavy atom. The van der Waals surface area contributed by atoms with Crippen LogP contribution in [0, 0.1) is 0 Å². The zero-order chi connectivity index (χ0) is 14.9. The second-order valence-electron chi connectivity index (χ2n) is 7.07. The molecule has 0 aliphatic carbocycles. The van der Waals surface area contributed by atoms with Crippen LogP contribution in [0.25, 0.3) is 0 Å². The molecule has 0 aromatic heterocycles. The van der Waals surface area contributed by atoms with Gasteiger partial charge in [0.2, 0.25) is 0 Å². The average molecular weight is 306 g/mol. The Balaban J connectivity index is 1.89. The van der Waals surface area contributed by atoms with Crippen molar-refractivity contribution < 1.29 is 14.2 Å². The van der Waals surface area contributed by atoms with Crippen molar-refractivity contribution in [3.8, 4) is 0 Å². The predicted molar refractivity (Wildman–Crippen MR) is 83.7 cm³/mol. The molecule has 0 N–H and O–H groups in total. The molecule has 0 amide bonds. The van der Waals surface area contributed by atoms with E-state index in [1.165, 1.54) is 5.30 Å². The second-order valence-corrected chi connectivity index (χ2v) is 10.0. The summed E-state index contributed by atoms with van der Waals surface area (Å²) in [5, 5.41) is 1.07. The molecule has 0 saturated carbocycles. The van der Waals surface area contributed by atoms with Gasteiger partial charge >= 0.3 is 0 Å². The van der Waals surface area contributed by atoms with Crippen molar-refractivity contribution in [3.05, 3.63) is 30.3 Å². The fourth-order valence-electron chi connectivity index (χ4n) is 4.80. The largest absolute Gasteiger partial charge is 0.339 e. The lowest BCUT2D eigenvalue weighted by Gasteiger charge is -2.70. The van der Waals surface area contributed by atoms with Crippen molar-refractivity contribution in [2.45, 2.75) is 69.2 Å². The summed E-state index contributed by atoms with van der Waals surface area (Å²) < 4.78 is 19.2. The van der Waals surface area contributed by atoms with E-state index in [-0.39, 0.29) is 10.7 Å². The van der Waals surface area contributed by atoms with E-state index < -0.39 is 19.5 Å². The first kappa shape index (κ1) is 14.1. The molecule has 1 aromatic carbocycles. The highest BCUT2D eigenvalue weighted by molar-refractivity contribution is 7.68. The minimum Gasteiger partial charge on any atom is -0.339 e. The summed E-state index contributed by atoms with van der Waals surface area (Å²) >= 11 is 0. The van der Waals surface area contributed by atoms with Gasteiger partial charge in [-0.05, 0) is 40.4 Å². The monoisotopic (exact) mass is 306 g/mol. The summed E-state index contributed by atoms with van der Waals surface area (Å²) in [5.41, 5.74) is 0. The Hall–Kier alpha value is -0.470. The van der Waals surface area contributed by atoms with Crippen molar-refractivity contribution in [1.29, 1.82) is 0 Å². The normalized spacial score (nSPS) is 51.3. The highest BCUT2D eigenvalue weighted by atomic mass is 31.1. The average Bonchev–Trinajstić information content (AvgIpc) is 2.35. The summed E-state index contributed by atoms with van der Waals surface area (Å²) in [6.07, 6.45) is 2.63. The third-order valence-electron chi connectivity index (χ3n) is 4.97. The minimum atomic E-state index is -0.555. The molecule has 21 heavy (non-hydrogen) atoms. The topological polar surface area (TPSA) is 27.7 Å². The van der Waals surface area contributed by atoms with E-state index in [0.29, 0.717) is 0 Å². The van der Waals surface area contributed by atoms with Gasteiger partial charge in [0.15, 0.2) is 11.6 Å². The van der Waals surface area contributed by atoms with Gasteiger partial charge in [0, 0.05) is 12.8 Å². The third-order valence-corrected chi connectivity index (χ3v) is 8.36. The third kappa shape index (κ3) is 1.88. The number of rotatable bonds is 2. The van der Waals surface area contributed by atoms with Crippen molar-refractivity contribution in [2.24, 2.45) is 0 Å². The maximum Gasteiger partial charge on any atom is 0.173 e. The fourth-order valence-corrected chi connectivity index (χ4v) is 8.93. The summed E-state index contributed by atoms with van der Waals surface area (Å²) in [6, 6.07) is 10.8. The van der Waals surface area contributed by atoms with Gasteiger partial charge in [-0.1, -0.05) is 37.3 Å². The first-order valence-corrected chi connectivity index (χ1v) is 9.12. The highest BCUT2D eigenvalue weighted by Gasteiger charge is 2.72. The molecule has 0 radical (unpaired) electrons. The molecule has 3 nitrogen and oxygen atoms in total. The van der Waals surface area contributed by atoms with Crippen LogP contribution in [0.1, 0.15) is 47.0 Å². The van der Waals surface area contributed by atoms with E-state index >= 15 is 0 Å². The number of hydrogen-bond acceptors (Lipinski definition) is 3. The van der Waals surface area contributed by atoms with Crippen LogP contribution in [0.2, 0.25) is 0 Å². The summed E-state index contributed by atoms with van der Waals surface area (Å²) in [5.74, 6) is -1.02. The van der Waals surface area contributed by atoms with E-state index in [4.69, 9.17) is 14.2 Å². The van der Waals surface area contributed by atoms with Crippen LogP contribution in [0.5, 0.6) is 0 Å². The molecule has 4 heteroatoms. The van der Waals surface area contributed by atoms with Crippen LogP contribution in [-0.4, -0.2) is 22.3 Å². The van der Waals surface area contributed by atoms with E-state index in [1.807, 2.05) is 0 Å². The maximum atomic E-state index is 6.57. The van der Waals surface area contributed by atoms with Crippen LogP contribution in [0.3, 0.4) is 0 Å². The van der Waals surface area contributed by atoms with Gasteiger partial charge in [-0.15, -0.1) is 0 Å². The lowest BCUT2D eigenvalue weighted by atomic mass is 9.96. The van der Waals surface area contributed by atoms with Crippen molar-refractivity contribution in [3.63, 3.8) is 0 Å². The van der Waals surface area contributed by atoms with Crippen molar-refractivity contribution in [2.75, 3.05) is 0 Å². The molecule has 5 unspecified atom stereocenters. The van der Waals surface area contributed by atoms with E-state index in [9.17, 15) is 0 Å². The van der Waals surface area contributed by atoms with E-state index in [2.05, 4.69) is 58.0 Å². The Kier molecular flexibility index (Phi) is 2.75. The van der Waals surface area contributed by atoms with Gasteiger partial charge in [-0.25, -0.2) is 0 Å². The Morgan fingerprint density at radius 1 is 0.952 bits per heavy atom. The van der Waals surface area contributed by atoms with Crippen LogP contribution >= 0.6 is 7.92 Å². The molecule has 1 aromatic rings. The van der Waals surface area contributed by atoms with Crippen LogP contribution in [-0.2, 0) is 14.2 Å². The van der Waals surface area contributed by atoms with Crippen LogP contribution in [0.4, 0.5) is 0 Å². The standard InChI is InChI=1S/C17H23O3P/c1-5-17-12-15(3)18-14(2,20-17)11-16(4,19-15)21(17)13-9-7-6-8-10-13/h6-10H,5,11-12H2,1-4H3. The SMILES string of the molecule is CCC12CC3(C)OC(C)(CC(C)(O3)P1c1ccccc1)O2. The molecule has 4 bridgehead atoms. The van der Waals surface area contributed by atoms with Gasteiger partial charge in [-0.3, -0.25) is 0 Å². The molecule has 4 saturated heterocycles. The van der Waals surface area contributed by atoms with Gasteiger partial charge in [0.1, 0.15) is 5.34 Å². The summed E-state index contributed by atoms with van der Waals surface area (Å²) in [6.45, 7) is 8.65. The highest BCUT2D eigenvalue weighted by Crippen LogP contribution is 2.76. The summed E-state index contributed by atoms with van der Waals surface area (Å²) in [7, 11) is -0.555. The van der Waals surface area contributed by atoms with Gasteiger partial charge < -0.3 is 14.2 Å². The molecule has 5 rings (SSSR count). The van der Waals surface area contributed by atoms with Crippen LogP contribution < -0.4 is 5.30 Å². The Morgan fingerprint density at radius 3 is 2.24 bits per heavy atom.